The summed E-state index contributed by atoms with van der Waals surface area (Å²) >= 11 is 0. The molecule has 0 fully saturated rings. The van der Waals surface area contributed by atoms with E-state index in [2.05, 4.69) is 10.3 Å². The minimum atomic E-state index is -0.452. The van der Waals surface area contributed by atoms with Crippen LogP contribution in [0.1, 0.15) is 27.5 Å². The maximum absolute atomic E-state index is 11.8. The van der Waals surface area contributed by atoms with Crippen LogP contribution in [0.2, 0.25) is 0 Å². The zero-order valence-electron chi connectivity index (χ0n) is 11.1. The second-order valence-electron chi connectivity index (χ2n) is 4.12. The fourth-order valence-electron chi connectivity index (χ4n) is 2.00. The van der Waals surface area contributed by atoms with Crippen LogP contribution >= 0.6 is 0 Å². The summed E-state index contributed by atoms with van der Waals surface area (Å²) in [6, 6.07) is 0. The Labute approximate surface area is 105 Å². The fourth-order valence-corrected chi connectivity index (χ4v) is 2.00. The quantitative estimate of drug-likeness (QED) is 0.759. The number of esters is 1. The molecule has 2 rings (SSSR count). The SMILES string of the molecule is COC(=O)c1c(-c2c(C)nn(C)c2C)noc1C. The smallest absolute Gasteiger partial charge is 0.343 e. The van der Waals surface area contributed by atoms with Crippen molar-refractivity contribution in [1.29, 1.82) is 0 Å². The molecule has 0 spiro atoms. The van der Waals surface area contributed by atoms with Gasteiger partial charge in [0.25, 0.3) is 0 Å². The van der Waals surface area contributed by atoms with E-state index in [0.29, 0.717) is 17.0 Å². The van der Waals surface area contributed by atoms with Crippen LogP contribution in [0.15, 0.2) is 4.52 Å². The van der Waals surface area contributed by atoms with Crippen molar-refractivity contribution in [3.63, 3.8) is 0 Å². The lowest BCUT2D eigenvalue weighted by molar-refractivity contribution is 0.0599. The van der Waals surface area contributed by atoms with E-state index in [9.17, 15) is 4.79 Å². The summed E-state index contributed by atoms with van der Waals surface area (Å²) in [5, 5.41) is 8.27. The maximum atomic E-state index is 11.8. The monoisotopic (exact) mass is 249 g/mol. The van der Waals surface area contributed by atoms with E-state index in [1.807, 2.05) is 20.9 Å². The molecule has 0 bridgehead atoms. The van der Waals surface area contributed by atoms with Crippen LogP contribution in [0.4, 0.5) is 0 Å². The number of methoxy groups -OCH3 is 1. The lowest BCUT2D eigenvalue weighted by Crippen LogP contribution is -2.04. The molecule has 6 heteroatoms. The van der Waals surface area contributed by atoms with E-state index >= 15 is 0 Å². The van der Waals surface area contributed by atoms with Gasteiger partial charge < -0.3 is 9.26 Å². The molecule has 0 aliphatic carbocycles. The van der Waals surface area contributed by atoms with Crippen LogP contribution in [0.3, 0.4) is 0 Å². The van der Waals surface area contributed by atoms with Gasteiger partial charge in [-0.1, -0.05) is 5.16 Å². The van der Waals surface area contributed by atoms with E-state index in [0.717, 1.165) is 17.0 Å². The van der Waals surface area contributed by atoms with Gasteiger partial charge in [0.15, 0.2) is 0 Å². The number of carbonyl (C=O) groups excluding carboxylic acids is 1. The van der Waals surface area contributed by atoms with E-state index in [1.54, 1.807) is 11.6 Å². The van der Waals surface area contributed by atoms with Gasteiger partial charge in [0, 0.05) is 18.3 Å². The first kappa shape index (κ1) is 12.3. The molecule has 0 unspecified atom stereocenters. The summed E-state index contributed by atoms with van der Waals surface area (Å²) < 4.78 is 11.6. The molecule has 0 amide bonds. The molecule has 2 aromatic rings. The Morgan fingerprint density at radius 3 is 2.50 bits per heavy atom. The van der Waals surface area contributed by atoms with Crippen molar-refractivity contribution in [1.82, 2.24) is 14.9 Å². The second kappa shape index (κ2) is 4.29. The van der Waals surface area contributed by atoms with Gasteiger partial charge in [-0.15, -0.1) is 0 Å². The Bertz CT molecular complexity index is 610. The molecule has 0 N–H and O–H groups in total. The molecule has 0 saturated carbocycles. The van der Waals surface area contributed by atoms with Gasteiger partial charge in [0.1, 0.15) is 17.0 Å². The Kier molecular flexibility index (Phi) is 2.94. The zero-order chi connectivity index (χ0) is 13.4. The van der Waals surface area contributed by atoms with Crippen molar-refractivity contribution in [2.45, 2.75) is 20.8 Å². The third kappa shape index (κ3) is 1.70. The van der Waals surface area contributed by atoms with Gasteiger partial charge in [-0.05, 0) is 20.8 Å². The van der Waals surface area contributed by atoms with Crippen molar-refractivity contribution in [2.24, 2.45) is 7.05 Å². The fraction of sp³-hybridized carbons (Fsp3) is 0.417. The number of hydrogen-bond acceptors (Lipinski definition) is 5. The van der Waals surface area contributed by atoms with Crippen LogP contribution in [0.5, 0.6) is 0 Å². The van der Waals surface area contributed by atoms with Gasteiger partial charge >= 0.3 is 5.97 Å². The standard InChI is InChI=1S/C12H15N3O3/c1-6-9(7(2)15(4)13-6)11-10(12(16)17-5)8(3)18-14-11/h1-5H3. The van der Waals surface area contributed by atoms with Crippen LogP contribution in [0, 0.1) is 20.8 Å². The van der Waals surface area contributed by atoms with Crippen molar-refractivity contribution in [3.8, 4) is 11.3 Å². The molecule has 96 valence electrons. The van der Waals surface area contributed by atoms with E-state index in [-0.39, 0.29) is 0 Å². The topological polar surface area (TPSA) is 70.2 Å². The molecule has 2 aromatic heterocycles. The molecule has 0 aromatic carbocycles. The van der Waals surface area contributed by atoms with E-state index < -0.39 is 5.97 Å². The molecule has 0 radical (unpaired) electrons. The predicted octanol–water partition coefficient (Wildman–Crippen LogP) is 1.79. The summed E-state index contributed by atoms with van der Waals surface area (Å²) in [5.74, 6) is -0.00842. The van der Waals surface area contributed by atoms with Gasteiger partial charge in [0.2, 0.25) is 0 Å². The average molecular weight is 249 g/mol. The maximum Gasteiger partial charge on any atom is 0.343 e. The molecule has 2 heterocycles. The van der Waals surface area contributed by atoms with Crippen molar-refractivity contribution in [3.05, 3.63) is 22.7 Å². The minimum Gasteiger partial charge on any atom is -0.465 e. The van der Waals surface area contributed by atoms with Crippen molar-refractivity contribution >= 4 is 5.97 Å². The number of aryl methyl sites for hydroxylation is 3. The molecule has 18 heavy (non-hydrogen) atoms. The highest BCUT2D eigenvalue weighted by Gasteiger charge is 2.26. The third-order valence-corrected chi connectivity index (χ3v) is 3.00. The zero-order valence-corrected chi connectivity index (χ0v) is 11.1. The summed E-state index contributed by atoms with van der Waals surface area (Å²) in [4.78, 5) is 11.8. The summed E-state index contributed by atoms with van der Waals surface area (Å²) in [6.45, 7) is 5.47. The Morgan fingerprint density at radius 2 is 2.00 bits per heavy atom. The third-order valence-electron chi connectivity index (χ3n) is 3.00. The van der Waals surface area contributed by atoms with Crippen molar-refractivity contribution in [2.75, 3.05) is 7.11 Å². The molecule has 0 aliphatic heterocycles. The van der Waals surface area contributed by atoms with Crippen LogP contribution in [0.25, 0.3) is 11.3 Å². The first-order valence-corrected chi connectivity index (χ1v) is 5.52. The van der Waals surface area contributed by atoms with Gasteiger partial charge in [-0.3, -0.25) is 4.68 Å². The van der Waals surface area contributed by atoms with Crippen LogP contribution in [-0.2, 0) is 11.8 Å². The highest BCUT2D eigenvalue weighted by Crippen LogP contribution is 2.30. The summed E-state index contributed by atoms with van der Waals surface area (Å²) in [5.41, 5.74) is 3.38. The lowest BCUT2D eigenvalue weighted by atomic mass is 10.0. The van der Waals surface area contributed by atoms with Crippen LogP contribution in [-0.4, -0.2) is 28.0 Å². The largest absolute Gasteiger partial charge is 0.465 e. The first-order chi connectivity index (χ1) is 8.47. The molecular formula is C12H15N3O3. The summed E-state index contributed by atoms with van der Waals surface area (Å²) in [7, 11) is 3.18. The van der Waals surface area contributed by atoms with Crippen LogP contribution < -0.4 is 0 Å². The highest BCUT2D eigenvalue weighted by molar-refractivity contribution is 5.97. The number of aromatic nitrogens is 3. The van der Waals surface area contributed by atoms with Crippen molar-refractivity contribution < 1.29 is 14.1 Å². The number of nitrogens with zero attached hydrogens (tertiary/aromatic N) is 3. The normalized spacial score (nSPS) is 10.7. The average Bonchev–Trinajstić information content (AvgIpc) is 2.80. The first-order valence-electron chi connectivity index (χ1n) is 5.52. The molecule has 0 saturated heterocycles. The number of hydrogen-bond donors (Lipinski definition) is 0. The molecule has 0 aliphatic rings. The predicted molar refractivity (Wildman–Crippen MR) is 64.3 cm³/mol. The lowest BCUT2D eigenvalue weighted by Gasteiger charge is -2.01. The van der Waals surface area contributed by atoms with Gasteiger partial charge in [0.05, 0.1) is 12.8 Å². The van der Waals surface area contributed by atoms with Gasteiger partial charge in [-0.2, -0.15) is 5.10 Å². The minimum absolute atomic E-state index is 0.358. The highest BCUT2D eigenvalue weighted by atomic mass is 16.5. The Hall–Kier alpha value is -2.11. The molecule has 0 atom stereocenters. The molecular weight excluding hydrogens is 234 g/mol. The Balaban J connectivity index is 2.69. The number of carbonyl (C=O) groups is 1. The summed E-state index contributed by atoms with van der Waals surface area (Å²) in [6.07, 6.45) is 0. The second-order valence-corrected chi connectivity index (χ2v) is 4.12. The molecule has 6 nitrogen and oxygen atoms in total. The van der Waals surface area contributed by atoms with E-state index in [1.165, 1.54) is 7.11 Å². The number of ether oxygens (including phenoxy) is 1. The Morgan fingerprint density at radius 1 is 1.33 bits per heavy atom. The van der Waals surface area contributed by atoms with E-state index in [4.69, 9.17) is 9.26 Å². The number of rotatable bonds is 2. The van der Waals surface area contributed by atoms with Gasteiger partial charge in [-0.25, -0.2) is 4.79 Å².